The van der Waals surface area contributed by atoms with Crippen LogP contribution in [0.5, 0.6) is 0 Å². The van der Waals surface area contributed by atoms with E-state index in [-0.39, 0.29) is 0 Å². The molecule has 14 aromatic rings. The molecule has 5 nitrogen and oxygen atoms in total. The fourth-order valence-corrected chi connectivity index (χ4v) is 10.8. The van der Waals surface area contributed by atoms with E-state index in [1.165, 1.54) is 38.1 Å². The molecule has 0 amide bonds. The summed E-state index contributed by atoms with van der Waals surface area (Å²) in [5.41, 5.74) is 16.4. The molecule has 0 fully saturated rings. The van der Waals surface area contributed by atoms with Crippen LogP contribution in [0, 0.1) is 0 Å². The molecule has 14 rings (SSSR count). The monoisotopic (exact) mass is 917 g/mol. The predicted octanol–water partition coefficient (Wildman–Crippen LogP) is 17.2. The highest BCUT2D eigenvalue weighted by molar-refractivity contribution is 6.11. The normalized spacial score (nSPS) is 11.6. The Hall–Kier alpha value is -9.71. The Balaban J connectivity index is 0.949. The molecule has 0 aliphatic carbocycles. The van der Waals surface area contributed by atoms with Gasteiger partial charge in [0.15, 0.2) is 17.5 Å². The van der Waals surface area contributed by atoms with Crippen LogP contribution in [0.25, 0.3) is 133 Å². The first kappa shape index (κ1) is 41.3. The zero-order valence-electron chi connectivity index (χ0n) is 39.1. The van der Waals surface area contributed by atoms with Crippen molar-refractivity contribution in [2.75, 3.05) is 0 Å². The first-order valence-electron chi connectivity index (χ1n) is 24.4. The molecule has 0 unspecified atom stereocenters. The van der Waals surface area contributed by atoms with Gasteiger partial charge < -0.3 is 9.13 Å². The Morgan fingerprint density at radius 2 is 0.625 bits per heavy atom. The van der Waals surface area contributed by atoms with Crippen LogP contribution in [-0.4, -0.2) is 24.1 Å². The summed E-state index contributed by atoms with van der Waals surface area (Å²) >= 11 is 0. The van der Waals surface area contributed by atoms with Gasteiger partial charge in [-0.05, 0) is 87.6 Å². The van der Waals surface area contributed by atoms with E-state index in [1.54, 1.807) is 0 Å². The molecule has 0 radical (unpaired) electrons. The van der Waals surface area contributed by atoms with Crippen LogP contribution >= 0.6 is 0 Å². The number of rotatable bonds is 8. The van der Waals surface area contributed by atoms with Crippen LogP contribution in [0.4, 0.5) is 0 Å². The number of para-hydroxylation sites is 4. The third-order valence-corrected chi connectivity index (χ3v) is 14.2. The lowest BCUT2D eigenvalue weighted by Gasteiger charge is -2.17. The third kappa shape index (κ3) is 6.98. The van der Waals surface area contributed by atoms with Crippen LogP contribution in [-0.2, 0) is 0 Å². The first-order valence-corrected chi connectivity index (χ1v) is 24.4. The summed E-state index contributed by atoms with van der Waals surface area (Å²) in [7, 11) is 0. The van der Waals surface area contributed by atoms with Gasteiger partial charge in [0.1, 0.15) is 0 Å². The Labute approximate surface area is 416 Å². The zero-order chi connectivity index (χ0) is 47.5. The molecule has 0 bridgehead atoms. The van der Waals surface area contributed by atoms with Crippen LogP contribution in [0.1, 0.15) is 0 Å². The second kappa shape index (κ2) is 17.1. The molecule has 0 N–H and O–H groups in total. The Morgan fingerprint density at radius 3 is 1.18 bits per heavy atom. The van der Waals surface area contributed by atoms with Crippen molar-refractivity contribution in [3.63, 3.8) is 0 Å². The van der Waals surface area contributed by atoms with Gasteiger partial charge in [-0.25, -0.2) is 15.0 Å². The summed E-state index contributed by atoms with van der Waals surface area (Å²) in [6.45, 7) is 0. The minimum atomic E-state index is 0.600. The smallest absolute Gasteiger partial charge is 0.164 e. The van der Waals surface area contributed by atoms with Gasteiger partial charge in [-0.15, -0.1) is 0 Å². The molecule has 0 aliphatic rings. The van der Waals surface area contributed by atoms with Crippen LogP contribution in [0.2, 0.25) is 0 Å². The van der Waals surface area contributed by atoms with Crippen molar-refractivity contribution in [1.29, 1.82) is 0 Å². The molecule has 0 spiro atoms. The number of aromatic nitrogens is 5. The Kier molecular flexibility index (Phi) is 9.78. The zero-order valence-corrected chi connectivity index (χ0v) is 39.1. The molecule has 0 saturated heterocycles. The Bertz CT molecular complexity index is 4270. The highest BCUT2D eigenvalue weighted by atomic mass is 15.0. The van der Waals surface area contributed by atoms with Gasteiger partial charge in [0.25, 0.3) is 0 Å². The van der Waals surface area contributed by atoms with Crippen molar-refractivity contribution in [2.24, 2.45) is 0 Å². The highest BCUT2D eigenvalue weighted by Crippen LogP contribution is 2.41. The number of fused-ring (bicyclic) bond motifs is 7. The van der Waals surface area contributed by atoms with Gasteiger partial charge in [-0.3, -0.25) is 0 Å². The molecule has 3 aromatic heterocycles. The average Bonchev–Trinajstić information content (AvgIpc) is 3.98. The van der Waals surface area contributed by atoms with Crippen LogP contribution in [0.15, 0.2) is 261 Å². The van der Waals surface area contributed by atoms with Gasteiger partial charge in [0, 0.05) is 49.4 Å². The van der Waals surface area contributed by atoms with E-state index in [2.05, 4.69) is 252 Å². The molecule has 0 saturated carbocycles. The topological polar surface area (TPSA) is 48.5 Å². The minimum Gasteiger partial charge on any atom is -0.309 e. The summed E-state index contributed by atoms with van der Waals surface area (Å²) in [6.07, 6.45) is 0. The van der Waals surface area contributed by atoms with Gasteiger partial charge in [-0.1, -0.05) is 206 Å². The van der Waals surface area contributed by atoms with Crippen LogP contribution in [0.3, 0.4) is 0 Å². The number of nitrogens with zero attached hydrogens (tertiary/aromatic N) is 5. The molecular weight excluding hydrogens is 875 g/mol. The van der Waals surface area contributed by atoms with E-state index in [9.17, 15) is 0 Å². The largest absolute Gasteiger partial charge is 0.309 e. The molecule has 3 heterocycles. The number of hydrogen-bond donors (Lipinski definition) is 0. The van der Waals surface area contributed by atoms with Gasteiger partial charge >= 0.3 is 0 Å². The quantitative estimate of drug-likeness (QED) is 0.153. The third-order valence-electron chi connectivity index (χ3n) is 14.2. The van der Waals surface area contributed by atoms with E-state index in [1.807, 2.05) is 18.2 Å². The van der Waals surface area contributed by atoms with E-state index >= 15 is 0 Å². The van der Waals surface area contributed by atoms with E-state index in [4.69, 9.17) is 15.0 Å². The number of benzene rings is 11. The Morgan fingerprint density at radius 1 is 0.222 bits per heavy atom. The molecule has 5 heteroatoms. The molecule has 0 aliphatic heterocycles. The fraction of sp³-hybridized carbons (Fsp3) is 0. The molecular formula is C67H43N5. The first-order chi connectivity index (χ1) is 35.7. The summed E-state index contributed by atoms with van der Waals surface area (Å²) in [6, 6.07) is 93.1. The lowest BCUT2D eigenvalue weighted by atomic mass is 9.95. The molecule has 72 heavy (non-hydrogen) atoms. The molecule has 11 aromatic carbocycles. The van der Waals surface area contributed by atoms with E-state index in [0.29, 0.717) is 17.5 Å². The maximum Gasteiger partial charge on any atom is 0.164 e. The molecule has 336 valence electrons. The lowest BCUT2D eigenvalue weighted by molar-refractivity contribution is 1.07. The maximum absolute atomic E-state index is 5.35. The van der Waals surface area contributed by atoms with Gasteiger partial charge in [0.2, 0.25) is 0 Å². The fourth-order valence-electron chi connectivity index (χ4n) is 10.8. The standard InChI is InChI=1S/C67H43N5/c1-4-18-44(19-5-1)48-37-39-63(71-59-28-14-10-24-54(59)55-25-11-15-29-60(55)71)58(42-48)49-34-32-45-33-35-50(41-52(45)40-49)66-68-65(47-22-8-3-9-23-47)69-67(70-66)51-36-38-53(46-20-6-2-7-21-46)64(43-51)72-61-30-16-12-26-56(61)57-27-13-17-31-62(57)72/h1-43H. The average molecular weight is 918 g/mol. The van der Waals surface area contributed by atoms with Crippen molar-refractivity contribution < 1.29 is 0 Å². The van der Waals surface area contributed by atoms with Gasteiger partial charge in [0.05, 0.1) is 33.4 Å². The van der Waals surface area contributed by atoms with E-state index < -0.39 is 0 Å². The summed E-state index contributed by atoms with van der Waals surface area (Å²) in [4.78, 5) is 15.8. The summed E-state index contributed by atoms with van der Waals surface area (Å²) in [5, 5.41) is 7.10. The van der Waals surface area contributed by atoms with Crippen molar-refractivity contribution in [3.05, 3.63) is 261 Å². The lowest BCUT2D eigenvalue weighted by Crippen LogP contribution is -2.02. The van der Waals surface area contributed by atoms with Crippen molar-refractivity contribution in [3.8, 4) is 78.9 Å². The second-order valence-corrected chi connectivity index (χ2v) is 18.4. The predicted molar refractivity (Wildman–Crippen MR) is 299 cm³/mol. The SMILES string of the molecule is c1ccc(-c2ccc(-n3c4ccccc4c4ccccc43)c(-c3ccc4ccc(-c5nc(-c6ccccc6)nc(-c6ccc(-c7ccccc7)c(-n7c8ccccc8c8ccccc87)c6)n5)cc4c3)c2)cc1. The molecule has 0 atom stereocenters. The maximum atomic E-state index is 5.35. The minimum absolute atomic E-state index is 0.600. The second-order valence-electron chi connectivity index (χ2n) is 18.4. The highest BCUT2D eigenvalue weighted by Gasteiger charge is 2.21. The summed E-state index contributed by atoms with van der Waals surface area (Å²) in [5.74, 6) is 1.82. The number of hydrogen-bond acceptors (Lipinski definition) is 3. The van der Waals surface area contributed by atoms with Crippen molar-refractivity contribution >= 4 is 54.4 Å². The van der Waals surface area contributed by atoms with Gasteiger partial charge in [-0.2, -0.15) is 0 Å². The van der Waals surface area contributed by atoms with Crippen molar-refractivity contribution in [1.82, 2.24) is 24.1 Å². The van der Waals surface area contributed by atoms with Crippen molar-refractivity contribution in [2.45, 2.75) is 0 Å². The van der Waals surface area contributed by atoms with Crippen LogP contribution < -0.4 is 0 Å². The summed E-state index contributed by atoms with van der Waals surface area (Å²) < 4.78 is 4.81. The van der Waals surface area contributed by atoms with E-state index in [0.717, 1.165) is 77.7 Å².